The number of likely N-dealkylation sites (N-methyl/N-ethyl adjacent to an activating group) is 1. The summed E-state index contributed by atoms with van der Waals surface area (Å²) in [5, 5.41) is 0. The number of hydrogen-bond donors (Lipinski definition) is 1. The van der Waals surface area contributed by atoms with Crippen LogP contribution < -0.4 is 5.73 Å². The fraction of sp³-hybridized carbons (Fsp3) is 1.00. The fourth-order valence-electron chi connectivity index (χ4n) is 2.84. The van der Waals surface area contributed by atoms with Gasteiger partial charge in [-0.25, -0.2) is 0 Å². The molecule has 2 heteroatoms. The summed E-state index contributed by atoms with van der Waals surface area (Å²) in [5.41, 5.74) is 6.17. The van der Waals surface area contributed by atoms with Crippen molar-refractivity contribution in [2.75, 3.05) is 13.6 Å². The highest BCUT2D eigenvalue weighted by Gasteiger charge is 2.30. The molecule has 2 fully saturated rings. The molecule has 0 bridgehead atoms. The zero-order valence-electron chi connectivity index (χ0n) is 10.3. The van der Waals surface area contributed by atoms with Crippen molar-refractivity contribution in [3.63, 3.8) is 0 Å². The lowest BCUT2D eigenvalue weighted by Crippen LogP contribution is -2.43. The molecule has 1 atom stereocenters. The van der Waals surface area contributed by atoms with E-state index in [0.717, 1.165) is 24.4 Å². The molecule has 1 unspecified atom stereocenters. The molecular weight excluding hydrogens is 184 g/mol. The van der Waals surface area contributed by atoms with Crippen LogP contribution in [-0.2, 0) is 0 Å². The van der Waals surface area contributed by atoms with Crippen molar-refractivity contribution >= 4 is 0 Å². The summed E-state index contributed by atoms with van der Waals surface area (Å²) in [6, 6.07) is 1.25. The Bertz CT molecular complexity index is 193. The molecule has 0 spiro atoms. The minimum atomic E-state index is 0.439. The zero-order chi connectivity index (χ0) is 10.8. The quantitative estimate of drug-likeness (QED) is 0.771. The molecule has 2 rings (SSSR count). The topological polar surface area (TPSA) is 29.3 Å². The normalized spacial score (nSPS) is 34.4. The van der Waals surface area contributed by atoms with Crippen LogP contribution in [0.3, 0.4) is 0 Å². The Hall–Kier alpha value is -0.0800. The first-order valence-electron chi connectivity index (χ1n) is 6.62. The molecule has 2 saturated carbocycles. The molecule has 2 N–H and O–H groups in total. The van der Waals surface area contributed by atoms with Gasteiger partial charge >= 0.3 is 0 Å². The van der Waals surface area contributed by atoms with Gasteiger partial charge in [0.25, 0.3) is 0 Å². The van der Waals surface area contributed by atoms with Crippen molar-refractivity contribution in [2.24, 2.45) is 17.6 Å². The summed E-state index contributed by atoms with van der Waals surface area (Å²) >= 11 is 0. The minimum Gasteiger partial charge on any atom is -0.326 e. The first-order valence-corrected chi connectivity index (χ1v) is 6.62. The third kappa shape index (κ3) is 3.18. The second-order valence-corrected chi connectivity index (χ2v) is 5.85. The van der Waals surface area contributed by atoms with Crippen LogP contribution in [0.5, 0.6) is 0 Å². The summed E-state index contributed by atoms with van der Waals surface area (Å²) in [6.45, 7) is 3.50. The highest BCUT2D eigenvalue weighted by atomic mass is 15.1. The van der Waals surface area contributed by atoms with Crippen molar-refractivity contribution in [3.8, 4) is 0 Å². The van der Waals surface area contributed by atoms with Crippen molar-refractivity contribution in [1.82, 2.24) is 4.90 Å². The lowest BCUT2D eigenvalue weighted by Gasteiger charge is -2.35. The van der Waals surface area contributed by atoms with Crippen molar-refractivity contribution in [3.05, 3.63) is 0 Å². The Morgan fingerprint density at radius 3 is 2.27 bits per heavy atom. The minimum absolute atomic E-state index is 0.439. The molecule has 88 valence electrons. The van der Waals surface area contributed by atoms with Crippen LogP contribution in [0.2, 0.25) is 0 Å². The van der Waals surface area contributed by atoms with E-state index in [2.05, 4.69) is 18.9 Å². The van der Waals surface area contributed by atoms with Crippen LogP contribution in [0.25, 0.3) is 0 Å². The maximum atomic E-state index is 6.17. The Morgan fingerprint density at radius 1 is 1.13 bits per heavy atom. The lowest BCUT2D eigenvalue weighted by molar-refractivity contribution is 0.159. The van der Waals surface area contributed by atoms with Gasteiger partial charge in [-0.1, -0.05) is 6.92 Å². The van der Waals surface area contributed by atoms with Gasteiger partial charge in [0.15, 0.2) is 0 Å². The summed E-state index contributed by atoms with van der Waals surface area (Å²) in [4.78, 5) is 2.52. The van der Waals surface area contributed by atoms with E-state index in [4.69, 9.17) is 5.73 Å². The Labute approximate surface area is 94.2 Å². The van der Waals surface area contributed by atoms with Gasteiger partial charge in [0.05, 0.1) is 0 Å². The van der Waals surface area contributed by atoms with E-state index in [-0.39, 0.29) is 0 Å². The van der Waals surface area contributed by atoms with E-state index in [1.807, 2.05) is 0 Å². The molecule has 2 aliphatic carbocycles. The van der Waals surface area contributed by atoms with E-state index in [1.54, 1.807) is 0 Å². The number of nitrogens with two attached hydrogens (primary N) is 1. The maximum Gasteiger partial charge on any atom is 0.0196 e. The SMILES string of the molecule is CC1CCC(N(C)CC(N)C2CC2)CC1. The van der Waals surface area contributed by atoms with Crippen LogP contribution in [0.1, 0.15) is 45.4 Å². The van der Waals surface area contributed by atoms with Gasteiger partial charge in [0, 0.05) is 18.6 Å². The van der Waals surface area contributed by atoms with E-state index >= 15 is 0 Å². The molecule has 0 aromatic rings. The molecule has 0 aliphatic heterocycles. The van der Waals surface area contributed by atoms with E-state index in [9.17, 15) is 0 Å². The van der Waals surface area contributed by atoms with E-state index in [1.165, 1.54) is 38.5 Å². The molecule has 0 aromatic heterocycles. The second kappa shape index (κ2) is 4.84. The molecule has 0 saturated heterocycles. The van der Waals surface area contributed by atoms with E-state index < -0.39 is 0 Å². The number of hydrogen-bond acceptors (Lipinski definition) is 2. The molecule has 0 radical (unpaired) electrons. The molecule has 2 nitrogen and oxygen atoms in total. The molecule has 0 heterocycles. The van der Waals surface area contributed by atoms with Crippen molar-refractivity contribution < 1.29 is 0 Å². The summed E-state index contributed by atoms with van der Waals surface area (Å²) < 4.78 is 0. The summed E-state index contributed by atoms with van der Waals surface area (Å²) in [7, 11) is 2.27. The third-order valence-electron chi connectivity index (χ3n) is 4.34. The molecule has 0 aromatic carbocycles. The first-order chi connectivity index (χ1) is 7.16. The predicted molar refractivity (Wildman–Crippen MR) is 64.7 cm³/mol. The second-order valence-electron chi connectivity index (χ2n) is 5.85. The van der Waals surface area contributed by atoms with Crippen molar-refractivity contribution in [2.45, 2.75) is 57.5 Å². The standard InChI is InChI=1S/C13H26N2/c1-10-3-7-12(8-4-10)15(2)9-13(14)11-5-6-11/h10-13H,3-9,14H2,1-2H3. The molecule has 15 heavy (non-hydrogen) atoms. The van der Waals surface area contributed by atoms with Crippen molar-refractivity contribution in [1.29, 1.82) is 0 Å². The van der Waals surface area contributed by atoms with Gasteiger partial charge in [0.1, 0.15) is 0 Å². The van der Waals surface area contributed by atoms with Gasteiger partial charge < -0.3 is 10.6 Å². The highest BCUT2D eigenvalue weighted by Crippen LogP contribution is 2.33. The van der Waals surface area contributed by atoms with Gasteiger partial charge in [-0.15, -0.1) is 0 Å². The number of rotatable bonds is 4. The highest BCUT2D eigenvalue weighted by molar-refractivity contribution is 4.87. The monoisotopic (exact) mass is 210 g/mol. The third-order valence-corrected chi connectivity index (χ3v) is 4.34. The smallest absolute Gasteiger partial charge is 0.0196 e. The first kappa shape index (κ1) is 11.4. The van der Waals surface area contributed by atoms with Gasteiger partial charge in [-0.3, -0.25) is 0 Å². The number of nitrogens with zero attached hydrogens (tertiary/aromatic N) is 1. The van der Waals surface area contributed by atoms with Crippen LogP contribution in [0.15, 0.2) is 0 Å². The molecular formula is C13H26N2. The Balaban J connectivity index is 1.72. The van der Waals surface area contributed by atoms with Gasteiger partial charge in [0.2, 0.25) is 0 Å². The largest absolute Gasteiger partial charge is 0.326 e. The Morgan fingerprint density at radius 2 is 1.73 bits per heavy atom. The zero-order valence-corrected chi connectivity index (χ0v) is 10.3. The summed E-state index contributed by atoms with van der Waals surface area (Å²) in [5.74, 6) is 1.79. The van der Waals surface area contributed by atoms with Gasteiger partial charge in [-0.05, 0) is 57.4 Å². The van der Waals surface area contributed by atoms with Crippen LogP contribution >= 0.6 is 0 Å². The van der Waals surface area contributed by atoms with Crippen LogP contribution in [0.4, 0.5) is 0 Å². The fourth-order valence-corrected chi connectivity index (χ4v) is 2.84. The molecule has 2 aliphatic rings. The maximum absolute atomic E-state index is 6.17. The van der Waals surface area contributed by atoms with Crippen LogP contribution in [0, 0.1) is 11.8 Å². The van der Waals surface area contributed by atoms with Crippen LogP contribution in [-0.4, -0.2) is 30.6 Å². The Kier molecular flexibility index (Phi) is 3.68. The predicted octanol–water partition coefficient (Wildman–Crippen LogP) is 2.23. The summed E-state index contributed by atoms with van der Waals surface area (Å²) in [6.07, 6.45) is 8.33. The molecule has 0 amide bonds. The average molecular weight is 210 g/mol. The van der Waals surface area contributed by atoms with E-state index in [0.29, 0.717) is 6.04 Å². The average Bonchev–Trinajstić information content (AvgIpc) is 3.01. The van der Waals surface area contributed by atoms with Gasteiger partial charge in [-0.2, -0.15) is 0 Å². The lowest BCUT2D eigenvalue weighted by atomic mass is 9.86.